The molecule has 2 nitrogen and oxygen atoms in total. The summed E-state index contributed by atoms with van der Waals surface area (Å²) in [5.41, 5.74) is 3.34. The predicted molar refractivity (Wildman–Crippen MR) is 77.5 cm³/mol. The summed E-state index contributed by atoms with van der Waals surface area (Å²) in [4.78, 5) is 6.77. The minimum Gasteiger partial charge on any atom is -0.362 e. The summed E-state index contributed by atoms with van der Waals surface area (Å²) >= 11 is 0. The van der Waals surface area contributed by atoms with Crippen molar-refractivity contribution < 1.29 is 0 Å². The topological polar surface area (TPSA) is 15.6 Å². The van der Waals surface area contributed by atoms with Gasteiger partial charge in [0.25, 0.3) is 0 Å². The highest BCUT2D eigenvalue weighted by Gasteiger charge is 2.05. The van der Waals surface area contributed by atoms with E-state index in [1.54, 1.807) is 0 Å². The van der Waals surface area contributed by atoms with Crippen LogP contribution in [0, 0.1) is 6.92 Å². The van der Waals surface area contributed by atoms with Gasteiger partial charge < -0.3 is 4.90 Å². The molecule has 0 saturated carbocycles. The van der Waals surface area contributed by atoms with Crippen LogP contribution < -0.4 is 0 Å². The highest BCUT2D eigenvalue weighted by Crippen LogP contribution is 2.16. The second-order valence-corrected chi connectivity index (χ2v) is 4.53. The fraction of sp³-hybridized carbons (Fsp3) is 0.188. The molecule has 2 aromatic carbocycles. The van der Waals surface area contributed by atoms with Crippen LogP contribution in [-0.4, -0.2) is 24.8 Å². The molecular formula is C16H18N2. The second kappa shape index (κ2) is 5.50. The number of nitrogens with zero attached hydrogens (tertiary/aromatic N) is 2. The number of hydrogen-bond acceptors (Lipinski definition) is 1. The zero-order valence-electron chi connectivity index (χ0n) is 11.1. The molecule has 0 saturated heterocycles. The summed E-state index contributed by atoms with van der Waals surface area (Å²) in [7, 11) is 4.03. The molecule has 18 heavy (non-hydrogen) atoms. The third-order valence-electron chi connectivity index (χ3n) is 2.69. The first-order valence-electron chi connectivity index (χ1n) is 6.05. The van der Waals surface area contributed by atoms with E-state index < -0.39 is 0 Å². The molecule has 0 spiro atoms. The van der Waals surface area contributed by atoms with Gasteiger partial charge in [-0.05, 0) is 24.6 Å². The molecule has 0 unspecified atom stereocenters. The van der Waals surface area contributed by atoms with Crippen LogP contribution in [0.25, 0.3) is 0 Å². The Hall–Kier alpha value is -2.09. The first-order chi connectivity index (χ1) is 8.66. The van der Waals surface area contributed by atoms with Crippen LogP contribution in [-0.2, 0) is 0 Å². The van der Waals surface area contributed by atoms with Crippen molar-refractivity contribution in [3.8, 4) is 0 Å². The maximum Gasteiger partial charge on any atom is 0.136 e. The SMILES string of the molecule is Cc1cccc(N=C(c2ccccc2)N(C)C)c1. The number of rotatable bonds is 2. The Bertz CT molecular complexity index is 542. The van der Waals surface area contributed by atoms with Crippen molar-refractivity contribution >= 4 is 11.5 Å². The summed E-state index contributed by atoms with van der Waals surface area (Å²) < 4.78 is 0. The van der Waals surface area contributed by atoms with E-state index in [1.807, 2.05) is 49.3 Å². The molecular weight excluding hydrogens is 220 g/mol. The van der Waals surface area contributed by atoms with Crippen LogP contribution >= 0.6 is 0 Å². The summed E-state index contributed by atoms with van der Waals surface area (Å²) in [6, 6.07) is 18.5. The lowest BCUT2D eigenvalue weighted by Crippen LogP contribution is -2.22. The molecule has 0 atom stereocenters. The molecule has 0 N–H and O–H groups in total. The van der Waals surface area contributed by atoms with Crippen molar-refractivity contribution in [2.24, 2.45) is 4.99 Å². The molecule has 0 radical (unpaired) electrons. The van der Waals surface area contributed by atoms with Gasteiger partial charge in [-0.25, -0.2) is 4.99 Å². The molecule has 0 aromatic heterocycles. The second-order valence-electron chi connectivity index (χ2n) is 4.53. The summed E-state index contributed by atoms with van der Waals surface area (Å²) in [6.07, 6.45) is 0. The lowest BCUT2D eigenvalue weighted by atomic mass is 10.2. The van der Waals surface area contributed by atoms with Crippen LogP contribution in [0.2, 0.25) is 0 Å². The molecule has 92 valence electrons. The van der Waals surface area contributed by atoms with Gasteiger partial charge in [-0.15, -0.1) is 0 Å². The lowest BCUT2D eigenvalue weighted by molar-refractivity contribution is 0.624. The smallest absolute Gasteiger partial charge is 0.136 e. The van der Waals surface area contributed by atoms with Crippen LogP contribution in [0.3, 0.4) is 0 Å². The fourth-order valence-electron chi connectivity index (χ4n) is 1.83. The molecule has 0 heterocycles. The highest BCUT2D eigenvalue weighted by molar-refractivity contribution is 5.99. The molecule has 0 amide bonds. The molecule has 2 aromatic rings. The third kappa shape index (κ3) is 2.98. The van der Waals surface area contributed by atoms with Crippen molar-refractivity contribution in [2.75, 3.05) is 14.1 Å². The van der Waals surface area contributed by atoms with Crippen LogP contribution in [0.5, 0.6) is 0 Å². The maximum absolute atomic E-state index is 4.73. The average molecular weight is 238 g/mol. The molecule has 0 aliphatic rings. The first-order valence-corrected chi connectivity index (χ1v) is 6.05. The van der Waals surface area contributed by atoms with Crippen molar-refractivity contribution in [1.29, 1.82) is 0 Å². The molecule has 2 heteroatoms. The van der Waals surface area contributed by atoms with Crippen molar-refractivity contribution in [3.05, 3.63) is 65.7 Å². The normalized spacial score (nSPS) is 11.4. The van der Waals surface area contributed by atoms with Crippen molar-refractivity contribution in [3.63, 3.8) is 0 Å². The minimum atomic E-state index is 0.973. The van der Waals surface area contributed by atoms with E-state index >= 15 is 0 Å². The van der Waals surface area contributed by atoms with Gasteiger partial charge in [0.15, 0.2) is 0 Å². The number of aliphatic imine (C=N–C) groups is 1. The lowest BCUT2D eigenvalue weighted by Gasteiger charge is -2.16. The molecule has 0 aliphatic carbocycles. The van der Waals surface area contributed by atoms with Gasteiger partial charge in [0, 0.05) is 19.7 Å². The van der Waals surface area contributed by atoms with Gasteiger partial charge >= 0.3 is 0 Å². The van der Waals surface area contributed by atoms with Crippen LogP contribution in [0.4, 0.5) is 5.69 Å². The van der Waals surface area contributed by atoms with Crippen LogP contribution in [0.15, 0.2) is 59.6 Å². The zero-order chi connectivity index (χ0) is 13.0. The van der Waals surface area contributed by atoms with Gasteiger partial charge in [-0.1, -0.05) is 42.5 Å². The summed E-state index contributed by atoms with van der Waals surface area (Å²) in [5, 5.41) is 0. The van der Waals surface area contributed by atoms with Gasteiger partial charge in [-0.3, -0.25) is 0 Å². The monoisotopic (exact) mass is 238 g/mol. The van der Waals surface area contributed by atoms with E-state index in [0.29, 0.717) is 0 Å². The molecule has 0 bridgehead atoms. The molecule has 2 rings (SSSR count). The van der Waals surface area contributed by atoms with E-state index in [-0.39, 0.29) is 0 Å². The van der Waals surface area contributed by atoms with E-state index in [0.717, 1.165) is 17.1 Å². The number of hydrogen-bond donors (Lipinski definition) is 0. The zero-order valence-corrected chi connectivity index (χ0v) is 11.1. The average Bonchev–Trinajstić information content (AvgIpc) is 2.37. The van der Waals surface area contributed by atoms with E-state index in [1.165, 1.54) is 5.56 Å². The summed E-state index contributed by atoms with van der Waals surface area (Å²) in [6.45, 7) is 2.08. The van der Waals surface area contributed by atoms with E-state index in [2.05, 4.69) is 31.2 Å². The Morgan fingerprint density at radius 1 is 0.944 bits per heavy atom. The highest BCUT2D eigenvalue weighted by atomic mass is 15.1. The Balaban J connectivity index is 2.43. The van der Waals surface area contributed by atoms with Gasteiger partial charge in [0.05, 0.1) is 5.69 Å². The quantitative estimate of drug-likeness (QED) is 0.576. The van der Waals surface area contributed by atoms with Crippen molar-refractivity contribution in [2.45, 2.75) is 6.92 Å². The van der Waals surface area contributed by atoms with E-state index in [4.69, 9.17) is 4.99 Å². The number of benzene rings is 2. The largest absolute Gasteiger partial charge is 0.362 e. The number of aryl methyl sites for hydroxylation is 1. The Labute approximate surface area is 109 Å². The van der Waals surface area contributed by atoms with Gasteiger partial charge in [0.1, 0.15) is 5.84 Å². The fourth-order valence-corrected chi connectivity index (χ4v) is 1.83. The van der Waals surface area contributed by atoms with Crippen molar-refractivity contribution in [1.82, 2.24) is 4.90 Å². The Morgan fingerprint density at radius 2 is 1.67 bits per heavy atom. The third-order valence-corrected chi connectivity index (χ3v) is 2.69. The first kappa shape index (κ1) is 12.4. The summed E-state index contributed by atoms with van der Waals surface area (Å²) in [5.74, 6) is 0.973. The van der Waals surface area contributed by atoms with Gasteiger partial charge in [-0.2, -0.15) is 0 Å². The predicted octanol–water partition coefficient (Wildman–Crippen LogP) is 3.63. The number of amidine groups is 1. The molecule has 0 fully saturated rings. The Kier molecular flexibility index (Phi) is 3.78. The minimum absolute atomic E-state index is 0.973. The maximum atomic E-state index is 4.73. The Morgan fingerprint density at radius 3 is 2.28 bits per heavy atom. The van der Waals surface area contributed by atoms with Crippen LogP contribution in [0.1, 0.15) is 11.1 Å². The standard InChI is InChI=1S/C16H18N2/c1-13-8-7-11-15(12-13)17-16(18(2)3)14-9-5-4-6-10-14/h4-12H,1-3H3. The van der Waals surface area contributed by atoms with Gasteiger partial charge in [0.2, 0.25) is 0 Å². The van der Waals surface area contributed by atoms with E-state index in [9.17, 15) is 0 Å². The molecule has 0 aliphatic heterocycles.